The molecule has 140 valence electrons. The lowest BCUT2D eigenvalue weighted by Crippen LogP contribution is -2.34. The summed E-state index contributed by atoms with van der Waals surface area (Å²) in [7, 11) is 5.82. The molecule has 6 heteroatoms. The van der Waals surface area contributed by atoms with Crippen molar-refractivity contribution in [3.05, 3.63) is 47.8 Å². The van der Waals surface area contributed by atoms with Crippen molar-refractivity contribution in [1.29, 1.82) is 0 Å². The first-order valence-corrected chi connectivity index (χ1v) is 9.23. The number of para-hydroxylation sites is 1. The van der Waals surface area contributed by atoms with Crippen molar-refractivity contribution in [2.75, 3.05) is 40.8 Å². The first-order chi connectivity index (χ1) is 12.7. The van der Waals surface area contributed by atoms with Crippen LogP contribution in [0.4, 0.5) is 0 Å². The smallest absolute Gasteiger partial charge is 0.126 e. The normalized spacial score (nSPS) is 16.6. The van der Waals surface area contributed by atoms with Gasteiger partial charge in [-0.3, -0.25) is 4.90 Å². The second-order valence-corrected chi connectivity index (χ2v) is 7.10. The van der Waals surface area contributed by atoms with Gasteiger partial charge in [-0.15, -0.1) is 5.10 Å². The quantitative estimate of drug-likeness (QED) is 0.764. The highest BCUT2D eigenvalue weighted by atomic mass is 16.5. The Kier molecular flexibility index (Phi) is 6.41. The number of hydrogen-bond acceptors (Lipinski definition) is 5. The minimum Gasteiger partial charge on any atom is -0.496 e. The lowest BCUT2D eigenvalue weighted by atomic mass is 10.1. The molecule has 1 aromatic carbocycles. The summed E-state index contributed by atoms with van der Waals surface area (Å²) >= 11 is 0. The number of likely N-dealkylation sites (tertiary alicyclic amines) is 1. The van der Waals surface area contributed by atoms with E-state index in [2.05, 4.69) is 63.3 Å². The average molecular weight is 355 g/mol. The van der Waals surface area contributed by atoms with Gasteiger partial charge in [0.15, 0.2) is 0 Å². The molecule has 1 saturated heterocycles. The number of aromatic nitrogens is 3. The van der Waals surface area contributed by atoms with Gasteiger partial charge in [0.25, 0.3) is 0 Å². The minimum absolute atomic E-state index is 0.466. The lowest BCUT2D eigenvalue weighted by molar-refractivity contribution is 0.194. The van der Waals surface area contributed by atoms with E-state index in [1.807, 2.05) is 18.2 Å². The maximum atomic E-state index is 5.39. The summed E-state index contributed by atoms with van der Waals surface area (Å²) in [5, 5.41) is 8.62. The molecule has 6 nitrogen and oxygen atoms in total. The van der Waals surface area contributed by atoms with Gasteiger partial charge in [-0.1, -0.05) is 35.6 Å². The fourth-order valence-corrected chi connectivity index (χ4v) is 3.39. The maximum Gasteiger partial charge on any atom is 0.126 e. The average Bonchev–Trinajstić information content (AvgIpc) is 3.10. The van der Waals surface area contributed by atoms with E-state index in [0.717, 1.165) is 56.0 Å². The van der Waals surface area contributed by atoms with Crippen LogP contribution in [-0.4, -0.2) is 65.6 Å². The van der Waals surface area contributed by atoms with Crippen molar-refractivity contribution in [2.45, 2.75) is 25.4 Å². The summed E-state index contributed by atoms with van der Waals surface area (Å²) < 4.78 is 7.45. The number of rotatable bonds is 7. The van der Waals surface area contributed by atoms with Gasteiger partial charge in [0.05, 0.1) is 25.0 Å². The third-order valence-electron chi connectivity index (χ3n) is 4.77. The van der Waals surface area contributed by atoms with Gasteiger partial charge in [0.2, 0.25) is 0 Å². The van der Waals surface area contributed by atoms with Crippen molar-refractivity contribution < 1.29 is 4.74 Å². The molecule has 0 N–H and O–H groups in total. The van der Waals surface area contributed by atoms with Crippen molar-refractivity contribution in [1.82, 2.24) is 24.8 Å². The second kappa shape index (κ2) is 8.96. The Bertz CT molecular complexity index is 716. The standard InChI is InChI=1S/C20H29N5O/c1-23(2)15-18-16-25(22-21-18)19-10-13-24(14-11-19)12-6-8-17-7-4-5-9-20(17)26-3/h4-9,16,19H,10-15H2,1-3H3. The Balaban J connectivity index is 1.48. The molecule has 0 spiro atoms. The summed E-state index contributed by atoms with van der Waals surface area (Å²) in [4.78, 5) is 4.60. The van der Waals surface area contributed by atoms with E-state index >= 15 is 0 Å². The van der Waals surface area contributed by atoms with E-state index in [1.165, 1.54) is 0 Å². The molecule has 0 amide bonds. The van der Waals surface area contributed by atoms with Gasteiger partial charge in [0, 0.05) is 31.7 Å². The molecule has 0 bridgehead atoms. The number of methoxy groups -OCH3 is 1. The van der Waals surface area contributed by atoms with Crippen LogP contribution in [0.2, 0.25) is 0 Å². The topological polar surface area (TPSA) is 46.4 Å². The third kappa shape index (κ3) is 4.93. The number of benzene rings is 1. The molecule has 1 aromatic heterocycles. The molecule has 3 rings (SSSR count). The zero-order chi connectivity index (χ0) is 18.4. The van der Waals surface area contributed by atoms with Crippen LogP contribution >= 0.6 is 0 Å². The molecule has 0 radical (unpaired) electrons. The van der Waals surface area contributed by atoms with E-state index in [1.54, 1.807) is 7.11 Å². The third-order valence-corrected chi connectivity index (χ3v) is 4.77. The zero-order valence-electron chi connectivity index (χ0n) is 16.0. The summed E-state index contributed by atoms with van der Waals surface area (Å²) in [5.74, 6) is 0.919. The van der Waals surface area contributed by atoms with Crippen LogP contribution in [-0.2, 0) is 6.54 Å². The van der Waals surface area contributed by atoms with Gasteiger partial charge in [-0.05, 0) is 33.0 Å². The van der Waals surface area contributed by atoms with E-state index in [0.29, 0.717) is 6.04 Å². The highest BCUT2D eigenvalue weighted by Gasteiger charge is 2.21. The summed E-state index contributed by atoms with van der Waals surface area (Å²) in [6.45, 7) is 3.98. The molecule has 0 atom stereocenters. The predicted molar refractivity (Wildman–Crippen MR) is 104 cm³/mol. The molecule has 1 aliphatic rings. The minimum atomic E-state index is 0.466. The zero-order valence-corrected chi connectivity index (χ0v) is 16.0. The molecule has 0 aliphatic carbocycles. The fraction of sp³-hybridized carbons (Fsp3) is 0.500. The van der Waals surface area contributed by atoms with Crippen molar-refractivity contribution >= 4 is 6.08 Å². The van der Waals surface area contributed by atoms with Crippen LogP contribution in [0.3, 0.4) is 0 Å². The molecule has 2 aromatic rings. The van der Waals surface area contributed by atoms with Gasteiger partial charge in [-0.25, -0.2) is 4.68 Å². The molecular formula is C20H29N5O. The summed E-state index contributed by atoms with van der Waals surface area (Å²) in [5.41, 5.74) is 2.16. The Morgan fingerprint density at radius 2 is 2.00 bits per heavy atom. The maximum absolute atomic E-state index is 5.39. The summed E-state index contributed by atoms with van der Waals surface area (Å²) in [6.07, 6.45) is 8.71. The van der Waals surface area contributed by atoms with Gasteiger partial charge in [-0.2, -0.15) is 0 Å². The lowest BCUT2D eigenvalue weighted by Gasteiger charge is -2.30. The molecule has 26 heavy (non-hydrogen) atoms. The number of nitrogens with zero attached hydrogens (tertiary/aromatic N) is 5. The Hall–Kier alpha value is -2.18. The highest BCUT2D eigenvalue weighted by Crippen LogP contribution is 2.22. The number of hydrogen-bond donors (Lipinski definition) is 0. The van der Waals surface area contributed by atoms with Crippen molar-refractivity contribution in [3.8, 4) is 5.75 Å². The summed E-state index contributed by atoms with van der Waals surface area (Å²) in [6, 6.07) is 8.57. The van der Waals surface area contributed by atoms with Crippen LogP contribution < -0.4 is 4.74 Å². The van der Waals surface area contributed by atoms with Crippen LogP contribution in [0, 0.1) is 0 Å². The SMILES string of the molecule is COc1ccccc1C=CCN1CCC(n2cc(CN(C)C)nn2)CC1. The Morgan fingerprint density at radius 3 is 2.73 bits per heavy atom. The fourth-order valence-electron chi connectivity index (χ4n) is 3.39. The van der Waals surface area contributed by atoms with Crippen LogP contribution in [0.25, 0.3) is 6.08 Å². The molecule has 1 fully saturated rings. The van der Waals surface area contributed by atoms with Crippen LogP contribution in [0.5, 0.6) is 5.75 Å². The Morgan fingerprint density at radius 1 is 1.23 bits per heavy atom. The van der Waals surface area contributed by atoms with Crippen molar-refractivity contribution in [3.63, 3.8) is 0 Å². The van der Waals surface area contributed by atoms with E-state index in [4.69, 9.17) is 4.74 Å². The predicted octanol–water partition coefficient (Wildman–Crippen LogP) is 2.70. The largest absolute Gasteiger partial charge is 0.496 e. The molecular weight excluding hydrogens is 326 g/mol. The van der Waals surface area contributed by atoms with Crippen LogP contribution in [0.15, 0.2) is 36.5 Å². The molecule has 1 aliphatic heterocycles. The van der Waals surface area contributed by atoms with Crippen molar-refractivity contribution in [2.24, 2.45) is 0 Å². The number of piperidine rings is 1. The molecule has 0 unspecified atom stereocenters. The van der Waals surface area contributed by atoms with E-state index in [-0.39, 0.29) is 0 Å². The van der Waals surface area contributed by atoms with Gasteiger partial charge < -0.3 is 9.64 Å². The van der Waals surface area contributed by atoms with E-state index < -0.39 is 0 Å². The van der Waals surface area contributed by atoms with E-state index in [9.17, 15) is 0 Å². The van der Waals surface area contributed by atoms with Gasteiger partial charge >= 0.3 is 0 Å². The first kappa shape index (κ1) is 18.6. The highest BCUT2D eigenvalue weighted by molar-refractivity contribution is 5.57. The van der Waals surface area contributed by atoms with Crippen LogP contribution in [0.1, 0.15) is 30.1 Å². The molecule has 2 heterocycles. The Labute approximate surface area is 156 Å². The monoisotopic (exact) mass is 355 g/mol. The molecule has 0 saturated carbocycles. The second-order valence-electron chi connectivity index (χ2n) is 7.10. The number of ether oxygens (including phenoxy) is 1. The van der Waals surface area contributed by atoms with Gasteiger partial charge in [0.1, 0.15) is 5.75 Å². The first-order valence-electron chi connectivity index (χ1n) is 9.23.